The Morgan fingerprint density at radius 2 is 2.03 bits per heavy atom. The molecule has 4 heterocycles. The number of carbonyl (C=O) groups excluding carboxylic acids is 1. The Labute approximate surface area is 207 Å². The number of hydrogen-bond donors (Lipinski definition) is 2. The van der Waals surface area contributed by atoms with Crippen LogP contribution in [0.1, 0.15) is 24.4 Å². The average Bonchev–Trinajstić information content (AvgIpc) is 3.23. The van der Waals surface area contributed by atoms with Crippen LogP contribution in [-0.4, -0.2) is 58.5 Å². The van der Waals surface area contributed by atoms with Gasteiger partial charge < -0.3 is 20.3 Å². The number of benzene rings is 1. The fraction of sp³-hybridized carbons (Fsp3) is 0.391. The van der Waals surface area contributed by atoms with Crippen molar-refractivity contribution in [1.82, 2.24) is 25.1 Å². The van der Waals surface area contributed by atoms with E-state index in [9.17, 15) is 4.79 Å². The molecule has 2 aliphatic rings. The molecule has 1 aromatic carbocycles. The Morgan fingerprint density at radius 3 is 2.79 bits per heavy atom. The molecule has 3 aromatic rings. The van der Waals surface area contributed by atoms with E-state index in [4.69, 9.17) is 27.9 Å². The molecule has 0 radical (unpaired) electrons. The number of morpholine rings is 1. The highest BCUT2D eigenvalue weighted by atomic mass is 35.5. The number of ether oxygens (including phenoxy) is 1. The van der Waals surface area contributed by atoms with Crippen molar-refractivity contribution < 1.29 is 9.53 Å². The third-order valence-corrected chi connectivity index (χ3v) is 6.77. The maximum atomic E-state index is 12.2. The lowest BCUT2D eigenvalue weighted by Gasteiger charge is -2.28. The van der Waals surface area contributed by atoms with Gasteiger partial charge in [0.15, 0.2) is 0 Å². The third kappa shape index (κ3) is 4.61. The first-order chi connectivity index (χ1) is 16.5. The highest BCUT2D eigenvalue weighted by molar-refractivity contribution is 6.35. The molecule has 11 heteroatoms. The number of amides is 1. The van der Waals surface area contributed by atoms with Crippen molar-refractivity contribution in [1.29, 1.82) is 0 Å². The molecule has 34 heavy (non-hydrogen) atoms. The number of hydrogen-bond acceptors (Lipinski definition) is 7. The number of nitrogens with zero attached hydrogens (tertiary/aromatic N) is 5. The van der Waals surface area contributed by atoms with Crippen molar-refractivity contribution in [2.75, 3.05) is 43.1 Å². The van der Waals surface area contributed by atoms with E-state index in [-0.39, 0.29) is 18.6 Å². The molecular weight excluding hydrogens is 477 g/mol. The van der Waals surface area contributed by atoms with Crippen LogP contribution in [0.15, 0.2) is 30.6 Å². The van der Waals surface area contributed by atoms with Crippen LogP contribution >= 0.6 is 23.2 Å². The van der Waals surface area contributed by atoms with E-state index >= 15 is 0 Å². The largest absolute Gasteiger partial charge is 0.370 e. The zero-order chi connectivity index (χ0) is 23.7. The van der Waals surface area contributed by atoms with Crippen molar-refractivity contribution >= 4 is 46.4 Å². The van der Waals surface area contributed by atoms with Crippen LogP contribution in [-0.2, 0) is 9.53 Å². The van der Waals surface area contributed by atoms with E-state index in [1.165, 1.54) is 0 Å². The van der Waals surface area contributed by atoms with Crippen LogP contribution in [0.25, 0.3) is 11.3 Å². The molecule has 0 bridgehead atoms. The van der Waals surface area contributed by atoms with Gasteiger partial charge in [0.05, 0.1) is 41.3 Å². The standard InChI is InChI=1S/C23H25Cl2N7O2/c1-14-10-15(2-3-19(14)31-8-9-34-13-20(31)33)29-23-27-12-18(24)21(30-23)17-11-28-32(22(17)25)16-4-6-26-7-5-16/h2-3,10-12,16,26H,4-9,13H2,1H3,(H,27,29,30). The maximum Gasteiger partial charge on any atom is 0.253 e. The molecule has 2 saturated heterocycles. The summed E-state index contributed by atoms with van der Waals surface area (Å²) in [7, 11) is 0. The molecule has 2 aromatic heterocycles. The summed E-state index contributed by atoms with van der Waals surface area (Å²) in [5.74, 6) is 0.349. The summed E-state index contributed by atoms with van der Waals surface area (Å²) in [5, 5.41) is 12.0. The molecule has 0 spiro atoms. The molecule has 178 valence electrons. The second kappa shape index (κ2) is 9.87. The van der Waals surface area contributed by atoms with Crippen molar-refractivity contribution in [2.24, 2.45) is 0 Å². The van der Waals surface area contributed by atoms with Gasteiger partial charge in [0.25, 0.3) is 5.91 Å². The lowest BCUT2D eigenvalue weighted by molar-refractivity contribution is -0.125. The molecule has 0 unspecified atom stereocenters. The molecule has 1 amide bonds. The summed E-state index contributed by atoms with van der Waals surface area (Å²) in [6, 6.07) is 6.01. The molecule has 0 aliphatic carbocycles. The Kier molecular flexibility index (Phi) is 6.69. The molecule has 2 fully saturated rings. The van der Waals surface area contributed by atoms with Gasteiger partial charge in [-0.15, -0.1) is 0 Å². The van der Waals surface area contributed by atoms with Crippen molar-refractivity contribution in [3.05, 3.63) is 46.3 Å². The highest BCUT2D eigenvalue weighted by Gasteiger charge is 2.23. The lowest BCUT2D eigenvalue weighted by Crippen LogP contribution is -2.42. The SMILES string of the molecule is Cc1cc(Nc2ncc(Cl)c(-c3cnn(C4CCNCC4)c3Cl)n2)ccc1N1CCOCC1=O. The van der Waals surface area contributed by atoms with Gasteiger partial charge in [0, 0.05) is 17.9 Å². The van der Waals surface area contributed by atoms with E-state index in [1.54, 1.807) is 17.3 Å². The summed E-state index contributed by atoms with van der Waals surface area (Å²) in [6.07, 6.45) is 5.20. The van der Waals surface area contributed by atoms with Crippen molar-refractivity contribution in [3.63, 3.8) is 0 Å². The first-order valence-corrected chi connectivity index (χ1v) is 12.0. The maximum absolute atomic E-state index is 12.2. The van der Waals surface area contributed by atoms with Gasteiger partial charge in [0.2, 0.25) is 5.95 Å². The Morgan fingerprint density at radius 1 is 1.21 bits per heavy atom. The highest BCUT2D eigenvalue weighted by Crippen LogP contribution is 2.35. The molecule has 0 saturated carbocycles. The zero-order valence-electron chi connectivity index (χ0n) is 18.7. The van der Waals surface area contributed by atoms with Crippen LogP contribution in [0.2, 0.25) is 10.2 Å². The Hall–Kier alpha value is -2.72. The number of aryl methyl sites for hydroxylation is 1. The summed E-state index contributed by atoms with van der Waals surface area (Å²) >= 11 is 13.1. The predicted octanol–water partition coefficient (Wildman–Crippen LogP) is 3.99. The quantitative estimate of drug-likeness (QED) is 0.545. The summed E-state index contributed by atoms with van der Waals surface area (Å²) in [4.78, 5) is 22.9. The number of piperidine rings is 1. The van der Waals surface area contributed by atoms with Crippen LogP contribution in [0.5, 0.6) is 0 Å². The van der Waals surface area contributed by atoms with Crippen LogP contribution in [0.3, 0.4) is 0 Å². The van der Waals surface area contributed by atoms with Gasteiger partial charge in [-0.2, -0.15) is 5.10 Å². The van der Waals surface area contributed by atoms with Gasteiger partial charge in [0.1, 0.15) is 11.8 Å². The number of nitrogens with one attached hydrogen (secondary N) is 2. The normalized spacial score (nSPS) is 17.3. The predicted molar refractivity (Wildman–Crippen MR) is 132 cm³/mol. The molecule has 2 aliphatic heterocycles. The fourth-order valence-corrected chi connectivity index (χ4v) is 4.88. The summed E-state index contributed by atoms with van der Waals surface area (Å²) < 4.78 is 7.09. The van der Waals surface area contributed by atoms with Gasteiger partial charge in [-0.05, 0) is 56.6 Å². The molecule has 9 nitrogen and oxygen atoms in total. The number of carbonyl (C=O) groups is 1. The second-order valence-corrected chi connectivity index (χ2v) is 9.15. The van der Waals surface area contributed by atoms with Crippen LogP contribution in [0, 0.1) is 6.92 Å². The summed E-state index contributed by atoms with van der Waals surface area (Å²) in [6.45, 7) is 5.03. The minimum atomic E-state index is -0.0392. The van der Waals surface area contributed by atoms with E-state index in [2.05, 4.69) is 25.7 Å². The van der Waals surface area contributed by atoms with E-state index in [0.717, 1.165) is 42.9 Å². The first kappa shape index (κ1) is 23.0. The minimum Gasteiger partial charge on any atom is -0.370 e. The third-order valence-electron chi connectivity index (χ3n) is 6.12. The topological polar surface area (TPSA) is 97.2 Å². The molecule has 0 atom stereocenters. The van der Waals surface area contributed by atoms with Crippen molar-refractivity contribution in [3.8, 4) is 11.3 Å². The lowest BCUT2D eigenvalue weighted by atomic mass is 10.1. The van der Waals surface area contributed by atoms with Crippen LogP contribution in [0.4, 0.5) is 17.3 Å². The van der Waals surface area contributed by atoms with Crippen LogP contribution < -0.4 is 15.5 Å². The Bertz CT molecular complexity index is 1210. The first-order valence-electron chi connectivity index (χ1n) is 11.2. The van der Waals surface area contributed by atoms with E-state index < -0.39 is 0 Å². The number of aromatic nitrogens is 4. The monoisotopic (exact) mass is 501 g/mol. The zero-order valence-corrected chi connectivity index (χ0v) is 20.2. The average molecular weight is 502 g/mol. The molecule has 2 N–H and O–H groups in total. The number of halogens is 2. The van der Waals surface area contributed by atoms with E-state index in [1.807, 2.05) is 29.8 Å². The number of anilines is 3. The fourth-order valence-electron chi connectivity index (χ4n) is 4.37. The number of rotatable bonds is 5. The minimum absolute atomic E-state index is 0.0392. The molecule has 5 rings (SSSR count). The Balaban J connectivity index is 1.38. The van der Waals surface area contributed by atoms with E-state index in [0.29, 0.717) is 40.5 Å². The van der Waals surface area contributed by atoms with Gasteiger partial charge in [-0.25, -0.2) is 9.97 Å². The summed E-state index contributed by atoms with van der Waals surface area (Å²) in [5.41, 5.74) is 3.82. The molecular formula is C23H25Cl2N7O2. The van der Waals surface area contributed by atoms with Crippen molar-refractivity contribution in [2.45, 2.75) is 25.8 Å². The van der Waals surface area contributed by atoms with Gasteiger partial charge >= 0.3 is 0 Å². The van der Waals surface area contributed by atoms with Gasteiger partial charge in [-0.3, -0.25) is 9.48 Å². The second-order valence-electron chi connectivity index (χ2n) is 8.39. The smallest absolute Gasteiger partial charge is 0.253 e. The van der Waals surface area contributed by atoms with Gasteiger partial charge in [-0.1, -0.05) is 23.2 Å².